The van der Waals surface area contributed by atoms with Crippen LogP contribution in [0, 0.1) is 0 Å². The maximum absolute atomic E-state index is 12.9. The third kappa shape index (κ3) is 3.35. The van der Waals surface area contributed by atoms with Crippen LogP contribution in [0.1, 0.15) is 0 Å². The van der Waals surface area contributed by atoms with Crippen molar-refractivity contribution in [3.8, 4) is 11.8 Å². The van der Waals surface area contributed by atoms with Crippen molar-refractivity contribution in [3.05, 3.63) is 50.1 Å². The number of carbonyl (C=O) groups excluding carboxylic acids is 1. The van der Waals surface area contributed by atoms with Crippen molar-refractivity contribution >= 4 is 28.7 Å². The average Bonchev–Trinajstić information content (AvgIpc) is 3.26. The highest BCUT2D eigenvalue weighted by atomic mass is 35.5. The van der Waals surface area contributed by atoms with E-state index in [-0.39, 0.29) is 29.9 Å². The van der Waals surface area contributed by atoms with Gasteiger partial charge in [-0.05, 0) is 24.3 Å². The van der Waals surface area contributed by atoms with E-state index in [9.17, 15) is 14.4 Å². The summed E-state index contributed by atoms with van der Waals surface area (Å²) >= 11 is 5.86. The van der Waals surface area contributed by atoms with Gasteiger partial charge in [0.2, 0.25) is 0 Å². The summed E-state index contributed by atoms with van der Waals surface area (Å²) in [4.78, 5) is 41.2. The zero-order valence-corrected chi connectivity index (χ0v) is 16.4. The second-order valence-corrected chi connectivity index (χ2v) is 6.93. The van der Waals surface area contributed by atoms with Crippen LogP contribution < -0.4 is 20.7 Å². The molecule has 2 aromatic heterocycles. The Morgan fingerprint density at radius 2 is 2.03 bits per heavy atom. The number of rotatable bonds is 5. The number of hydrogen-bond acceptors (Lipinski definition) is 7. The molecule has 1 atom stereocenters. The molecule has 3 heterocycles. The molecule has 0 bridgehead atoms. The quantitative estimate of drug-likeness (QED) is 0.555. The SMILES string of the molecule is COC(=O)Cn1c(=O)c2c(nc3n2CC(COc2ccc(Cl)cc2)O3)n(C)c1=O. The molecule has 4 rings (SSSR count). The van der Waals surface area contributed by atoms with Gasteiger partial charge in [-0.25, -0.2) is 9.36 Å². The molecule has 0 saturated heterocycles. The van der Waals surface area contributed by atoms with Crippen LogP contribution in [0.5, 0.6) is 11.8 Å². The van der Waals surface area contributed by atoms with Crippen molar-refractivity contribution < 1.29 is 19.0 Å². The number of ether oxygens (including phenoxy) is 3. The van der Waals surface area contributed by atoms with E-state index in [1.807, 2.05) is 0 Å². The molecule has 1 unspecified atom stereocenters. The number of fused-ring (bicyclic) bond motifs is 3. The number of imidazole rings is 1. The maximum Gasteiger partial charge on any atom is 0.333 e. The van der Waals surface area contributed by atoms with Crippen LogP contribution in [0.2, 0.25) is 5.02 Å². The lowest BCUT2D eigenvalue weighted by Crippen LogP contribution is -2.41. The Labute approximate surface area is 168 Å². The van der Waals surface area contributed by atoms with E-state index in [4.69, 9.17) is 21.1 Å². The molecule has 0 aliphatic carbocycles. The van der Waals surface area contributed by atoms with Crippen LogP contribution in [0.25, 0.3) is 11.2 Å². The molecule has 10 nitrogen and oxygen atoms in total. The average molecular weight is 421 g/mol. The maximum atomic E-state index is 12.9. The number of esters is 1. The third-order valence-corrected chi connectivity index (χ3v) is 4.87. The van der Waals surface area contributed by atoms with Gasteiger partial charge in [0, 0.05) is 12.1 Å². The van der Waals surface area contributed by atoms with Gasteiger partial charge in [-0.15, -0.1) is 0 Å². The molecule has 0 saturated carbocycles. The molecular formula is C18H17ClN4O6. The number of halogens is 1. The monoisotopic (exact) mass is 420 g/mol. The van der Waals surface area contributed by atoms with E-state index in [1.165, 1.54) is 18.7 Å². The molecule has 0 fully saturated rings. The van der Waals surface area contributed by atoms with Crippen LogP contribution in [0.3, 0.4) is 0 Å². The summed E-state index contributed by atoms with van der Waals surface area (Å²) < 4.78 is 19.6. The van der Waals surface area contributed by atoms with Gasteiger partial charge in [-0.1, -0.05) is 11.6 Å². The summed E-state index contributed by atoms with van der Waals surface area (Å²) in [5, 5.41) is 0.606. The first kappa shape index (κ1) is 19.1. The van der Waals surface area contributed by atoms with Gasteiger partial charge in [-0.2, -0.15) is 4.98 Å². The molecule has 11 heteroatoms. The topological polar surface area (TPSA) is 107 Å². The van der Waals surface area contributed by atoms with E-state index in [2.05, 4.69) is 9.72 Å². The number of nitrogens with zero attached hydrogens (tertiary/aromatic N) is 4. The molecule has 1 aliphatic heterocycles. The van der Waals surface area contributed by atoms with Gasteiger partial charge in [0.25, 0.3) is 11.6 Å². The van der Waals surface area contributed by atoms with Gasteiger partial charge in [-0.3, -0.25) is 18.7 Å². The summed E-state index contributed by atoms with van der Waals surface area (Å²) in [6.07, 6.45) is -0.372. The van der Waals surface area contributed by atoms with E-state index >= 15 is 0 Å². The smallest absolute Gasteiger partial charge is 0.333 e. The molecule has 152 valence electrons. The summed E-state index contributed by atoms with van der Waals surface area (Å²) in [6.45, 7) is 0.0577. The molecule has 3 aromatic rings. The van der Waals surface area contributed by atoms with Crippen LogP contribution >= 0.6 is 11.6 Å². The minimum atomic E-state index is -0.699. The summed E-state index contributed by atoms with van der Waals surface area (Å²) in [7, 11) is 2.66. The van der Waals surface area contributed by atoms with Gasteiger partial charge >= 0.3 is 11.7 Å². The molecule has 1 aliphatic rings. The predicted molar refractivity (Wildman–Crippen MR) is 103 cm³/mol. The van der Waals surface area contributed by atoms with Crippen LogP contribution in [-0.4, -0.2) is 44.5 Å². The zero-order chi connectivity index (χ0) is 20.7. The first-order chi connectivity index (χ1) is 13.9. The second kappa shape index (κ2) is 7.28. The van der Waals surface area contributed by atoms with E-state index in [0.717, 1.165) is 4.57 Å². The molecule has 0 N–H and O–H groups in total. The van der Waals surface area contributed by atoms with Crippen LogP contribution in [0.15, 0.2) is 33.9 Å². The van der Waals surface area contributed by atoms with Gasteiger partial charge in [0.15, 0.2) is 17.3 Å². The number of benzene rings is 1. The standard InChI is InChI=1S/C18H17ClN4O6/c1-21-15-14(16(25)23(18(21)26)8-13(24)27-2)22-7-12(29-17(22)20-15)9-28-11-5-3-10(19)4-6-11/h3-6,12H,7-9H2,1-2H3. The fourth-order valence-corrected chi connectivity index (χ4v) is 3.27. The van der Waals surface area contributed by atoms with Crippen molar-refractivity contribution in [2.24, 2.45) is 7.05 Å². The Morgan fingerprint density at radius 1 is 1.31 bits per heavy atom. The third-order valence-electron chi connectivity index (χ3n) is 4.62. The Morgan fingerprint density at radius 3 is 2.72 bits per heavy atom. The van der Waals surface area contributed by atoms with Crippen LogP contribution in [0.4, 0.5) is 0 Å². The van der Waals surface area contributed by atoms with E-state index < -0.39 is 23.8 Å². The largest absolute Gasteiger partial charge is 0.490 e. The number of carbonyl (C=O) groups is 1. The van der Waals surface area contributed by atoms with Gasteiger partial charge < -0.3 is 14.2 Å². The highest BCUT2D eigenvalue weighted by molar-refractivity contribution is 6.30. The van der Waals surface area contributed by atoms with Gasteiger partial charge in [0.1, 0.15) is 18.9 Å². The van der Waals surface area contributed by atoms with Crippen LogP contribution in [-0.2, 0) is 29.7 Å². The van der Waals surface area contributed by atoms with Crippen molar-refractivity contribution in [3.63, 3.8) is 0 Å². The molecular weight excluding hydrogens is 404 g/mol. The lowest BCUT2D eigenvalue weighted by molar-refractivity contribution is -0.141. The normalized spacial score (nSPS) is 15.2. The number of aryl methyl sites for hydroxylation is 1. The van der Waals surface area contributed by atoms with Crippen molar-refractivity contribution in [1.29, 1.82) is 0 Å². The molecule has 29 heavy (non-hydrogen) atoms. The number of aromatic nitrogens is 4. The van der Waals surface area contributed by atoms with Crippen molar-refractivity contribution in [2.45, 2.75) is 19.2 Å². The number of hydrogen-bond donors (Lipinski definition) is 0. The van der Waals surface area contributed by atoms with E-state index in [0.29, 0.717) is 17.3 Å². The molecule has 1 aromatic carbocycles. The predicted octanol–water partition coefficient (Wildman–Crippen LogP) is 0.563. The minimum Gasteiger partial charge on any atom is -0.490 e. The highest BCUT2D eigenvalue weighted by Gasteiger charge is 2.30. The van der Waals surface area contributed by atoms with Crippen molar-refractivity contribution in [2.75, 3.05) is 13.7 Å². The summed E-state index contributed by atoms with van der Waals surface area (Å²) in [5.74, 6) is -0.0644. The number of methoxy groups -OCH3 is 1. The Hall–Kier alpha value is -3.27. The van der Waals surface area contributed by atoms with Crippen molar-refractivity contribution in [1.82, 2.24) is 18.7 Å². The van der Waals surface area contributed by atoms with Gasteiger partial charge in [0.05, 0.1) is 13.7 Å². The lowest BCUT2D eigenvalue weighted by atomic mass is 10.3. The Balaban J connectivity index is 1.62. The lowest BCUT2D eigenvalue weighted by Gasteiger charge is -2.12. The first-order valence-electron chi connectivity index (χ1n) is 8.71. The minimum absolute atomic E-state index is 0.181. The zero-order valence-electron chi connectivity index (χ0n) is 15.6. The van der Waals surface area contributed by atoms with E-state index in [1.54, 1.807) is 28.8 Å². The summed E-state index contributed by atoms with van der Waals surface area (Å²) in [5.41, 5.74) is -0.921. The molecule has 0 amide bonds. The first-order valence-corrected chi connectivity index (χ1v) is 9.08. The fraction of sp³-hybridized carbons (Fsp3) is 0.333. The summed E-state index contributed by atoms with van der Waals surface area (Å²) in [6, 6.07) is 7.14. The molecule has 0 radical (unpaired) electrons. The highest BCUT2D eigenvalue weighted by Crippen LogP contribution is 2.26. The fourth-order valence-electron chi connectivity index (χ4n) is 3.14. The molecule has 0 spiro atoms. The Bertz CT molecular complexity index is 1210. The Kier molecular flexibility index (Phi) is 4.79. The second-order valence-electron chi connectivity index (χ2n) is 6.49.